The van der Waals surface area contributed by atoms with Gasteiger partial charge in [0.25, 0.3) is 11.6 Å². The molecule has 0 saturated carbocycles. The molecule has 0 saturated heterocycles. The van der Waals surface area contributed by atoms with Crippen molar-refractivity contribution in [3.63, 3.8) is 0 Å². The summed E-state index contributed by atoms with van der Waals surface area (Å²) in [6, 6.07) is 11.4. The van der Waals surface area contributed by atoms with Crippen LogP contribution in [0.15, 0.2) is 54.9 Å². The van der Waals surface area contributed by atoms with E-state index in [0.29, 0.717) is 36.0 Å². The van der Waals surface area contributed by atoms with E-state index in [0.717, 1.165) is 5.56 Å². The van der Waals surface area contributed by atoms with Crippen LogP contribution in [0, 0.1) is 16.0 Å². The standard InChI is InChI=1S/C22H22N4O5/c1-14(2)21(15-3-8-19-20(11-15)31-10-9-30-19)24-22(27)16-12-23-25(13-16)17-4-6-18(7-5-17)26(28)29/h3-8,11-14,21H,9-10H2,1-2H3,(H,24,27). The molecule has 1 atom stereocenters. The number of ether oxygens (including phenoxy) is 2. The molecule has 1 N–H and O–H groups in total. The highest BCUT2D eigenvalue weighted by Crippen LogP contribution is 2.34. The Bertz CT molecular complexity index is 1110. The monoisotopic (exact) mass is 422 g/mol. The van der Waals surface area contributed by atoms with Crippen molar-refractivity contribution in [3.05, 3.63) is 76.1 Å². The van der Waals surface area contributed by atoms with Crippen LogP contribution >= 0.6 is 0 Å². The van der Waals surface area contributed by atoms with Gasteiger partial charge in [0.15, 0.2) is 11.5 Å². The molecule has 0 aliphatic carbocycles. The molecule has 0 fully saturated rings. The molecule has 4 rings (SSSR count). The Balaban J connectivity index is 1.52. The van der Waals surface area contributed by atoms with Gasteiger partial charge >= 0.3 is 0 Å². The lowest BCUT2D eigenvalue weighted by molar-refractivity contribution is -0.384. The van der Waals surface area contributed by atoms with Crippen molar-refractivity contribution in [2.24, 2.45) is 5.92 Å². The van der Waals surface area contributed by atoms with Gasteiger partial charge in [-0.1, -0.05) is 19.9 Å². The zero-order chi connectivity index (χ0) is 22.0. The number of nitrogens with zero attached hydrogens (tertiary/aromatic N) is 3. The van der Waals surface area contributed by atoms with E-state index in [1.165, 1.54) is 23.0 Å². The minimum Gasteiger partial charge on any atom is -0.486 e. The summed E-state index contributed by atoms with van der Waals surface area (Å²) in [6.07, 6.45) is 3.07. The van der Waals surface area contributed by atoms with Gasteiger partial charge in [0.05, 0.1) is 28.4 Å². The molecule has 9 nitrogen and oxygen atoms in total. The summed E-state index contributed by atoms with van der Waals surface area (Å²) in [4.78, 5) is 23.2. The molecule has 1 unspecified atom stereocenters. The number of nitrogens with one attached hydrogen (secondary N) is 1. The maximum absolute atomic E-state index is 12.9. The molecule has 160 valence electrons. The van der Waals surface area contributed by atoms with Crippen molar-refractivity contribution in [2.75, 3.05) is 13.2 Å². The van der Waals surface area contributed by atoms with E-state index in [2.05, 4.69) is 10.4 Å². The van der Waals surface area contributed by atoms with Crippen LogP contribution in [0.2, 0.25) is 0 Å². The summed E-state index contributed by atoms with van der Waals surface area (Å²) >= 11 is 0. The third kappa shape index (κ3) is 4.35. The maximum Gasteiger partial charge on any atom is 0.269 e. The van der Waals surface area contributed by atoms with E-state index in [4.69, 9.17) is 9.47 Å². The van der Waals surface area contributed by atoms with E-state index in [-0.39, 0.29) is 23.6 Å². The quantitative estimate of drug-likeness (QED) is 0.479. The predicted molar refractivity (Wildman–Crippen MR) is 113 cm³/mol. The number of carbonyl (C=O) groups is 1. The number of rotatable bonds is 6. The number of benzene rings is 2. The Labute approximate surface area is 178 Å². The maximum atomic E-state index is 12.9. The lowest BCUT2D eigenvalue weighted by atomic mass is 9.95. The fourth-order valence-corrected chi connectivity index (χ4v) is 3.42. The van der Waals surface area contributed by atoms with Gasteiger partial charge in [-0.05, 0) is 35.7 Å². The molecule has 0 radical (unpaired) electrons. The largest absolute Gasteiger partial charge is 0.486 e. The second kappa shape index (κ2) is 8.47. The summed E-state index contributed by atoms with van der Waals surface area (Å²) in [5, 5.41) is 18.1. The van der Waals surface area contributed by atoms with Gasteiger partial charge in [-0.25, -0.2) is 4.68 Å². The average Bonchev–Trinajstić information content (AvgIpc) is 3.27. The van der Waals surface area contributed by atoms with Gasteiger partial charge in [-0.2, -0.15) is 5.10 Å². The summed E-state index contributed by atoms with van der Waals surface area (Å²) in [5.41, 5.74) is 1.93. The highest BCUT2D eigenvalue weighted by Gasteiger charge is 2.22. The average molecular weight is 422 g/mol. The molecule has 0 bridgehead atoms. The molecule has 3 aromatic rings. The SMILES string of the molecule is CC(C)C(NC(=O)c1cnn(-c2ccc([N+](=O)[O-])cc2)c1)c1ccc2c(c1)OCCO2. The summed E-state index contributed by atoms with van der Waals surface area (Å²) in [5.74, 6) is 1.25. The first-order valence-electron chi connectivity index (χ1n) is 9.92. The van der Waals surface area contributed by atoms with Crippen molar-refractivity contribution in [2.45, 2.75) is 19.9 Å². The van der Waals surface area contributed by atoms with Crippen LogP contribution in [0.3, 0.4) is 0 Å². The normalized spacial score (nSPS) is 13.6. The van der Waals surface area contributed by atoms with E-state index in [9.17, 15) is 14.9 Å². The van der Waals surface area contributed by atoms with Crippen LogP contribution in [0.4, 0.5) is 5.69 Å². The molecule has 1 amide bonds. The van der Waals surface area contributed by atoms with E-state index in [1.54, 1.807) is 18.3 Å². The fraction of sp³-hybridized carbons (Fsp3) is 0.273. The van der Waals surface area contributed by atoms with Crippen LogP contribution in [-0.4, -0.2) is 33.8 Å². The highest BCUT2D eigenvalue weighted by molar-refractivity contribution is 5.94. The molecule has 1 aliphatic rings. The lowest BCUT2D eigenvalue weighted by Gasteiger charge is -2.25. The molecule has 9 heteroatoms. The first-order valence-corrected chi connectivity index (χ1v) is 9.92. The number of amides is 1. The van der Waals surface area contributed by atoms with Crippen molar-refractivity contribution in [1.29, 1.82) is 0 Å². The first-order chi connectivity index (χ1) is 14.9. The van der Waals surface area contributed by atoms with Crippen LogP contribution in [0.5, 0.6) is 11.5 Å². The zero-order valence-electron chi connectivity index (χ0n) is 17.1. The lowest BCUT2D eigenvalue weighted by Crippen LogP contribution is -2.31. The van der Waals surface area contributed by atoms with Crippen LogP contribution < -0.4 is 14.8 Å². The third-order valence-corrected chi connectivity index (χ3v) is 5.05. The minimum atomic E-state index is -0.463. The molecular formula is C22H22N4O5. The molecule has 0 spiro atoms. The first kappa shape index (κ1) is 20.4. The summed E-state index contributed by atoms with van der Waals surface area (Å²) < 4.78 is 12.7. The van der Waals surface area contributed by atoms with Crippen molar-refractivity contribution < 1.29 is 19.2 Å². The van der Waals surface area contributed by atoms with Gasteiger partial charge in [0.2, 0.25) is 0 Å². The summed E-state index contributed by atoms with van der Waals surface area (Å²) in [6.45, 7) is 5.08. The van der Waals surface area contributed by atoms with Crippen molar-refractivity contribution in [1.82, 2.24) is 15.1 Å². The smallest absolute Gasteiger partial charge is 0.269 e. The number of non-ortho nitro benzene ring substituents is 1. The molecular weight excluding hydrogens is 400 g/mol. The highest BCUT2D eigenvalue weighted by atomic mass is 16.6. The van der Waals surface area contributed by atoms with E-state index >= 15 is 0 Å². The third-order valence-electron chi connectivity index (χ3n) is 5.05. The summed E-state index contributed by atoms with van der Waals surface area (Å²) in [7, 11) is 0. The Morgan fingerprint density at radius 3 is 2.52 bits per heavy atom. The Morgan fingerprint density at radius 2 is 1.84 bits per heavy atom. The number of hydrogen-bond acceptors (Lipinski definition) is 6. The van der Waals surface area contributed by atoms with Gasteiger partial charge in [-0.3, -0.25) is 14.9 Å². The Hall–Kier alpha value is -3.88. The number of hydrogen-bond donors (Lipinski definition) is 1. The van der Waals surface area contributed by atoms with Crippen molar-refractivity contribution >= 4 is 11.6 Å². The molecule has 2 heterocycles. The van der Waals surface area contributed by atoms with Crippen LogP contribution in [0.1, 0.15) is 35.8 Å². The number of aromatic nitrogens is 2. The predicted octanol–water partition coefficient (Wildman–Crippen LogP) is 3.68. The second-order valence-electron chi connectivity index (χ2n) is 7.55. The topological polar surface area (TPSA) is 109 Å². The van der Waals surface area contributed by atoms with Crippen molar-refractivity contribution in [3.8, 4) is 17.2 Å². The van der Waals surface area contributed by atoms with Gasteiger partial charge in [0.1, 0.15) is 13.2 Å². The number of nitro groups is 1. The van der Waals surface area contributed by atoms with Gasteiger partial charge < -0.3 is 14.8 Å². The number of carbonyl (C=O) groups excluding carboxylic acids is 1. The van der Waals surface area contributed by atoms with Gasteiger partial charge in [0, 0.05) is 18.3 Å². The molecule has 31 heavy (non-hydrogen) atoms. The van der Waals surface area contributed by atoms with E-state index < -0.39 is 4.92 Å². The number of fused-ring (bicyclic) bond motifs is 1. The molecule has 1 aliphatic heterocycles. The second-order valence-corrected chi connectivity index (χ2v) is 7.55. The fourth-order valence-electron chi connectivity index (χ4n) is 3.42. The number of nitro benzene ring substituents is 1. The van der Waals surface area contributed by atoms with Gasteiger partial charge in [-0.15, -0.1) is 0 Å². The zero-order valence-corrected chi connectivity index (χ0v) is 17.1. The minimum absolute atomic E-state index is 0.00641. The van der Waals surface area contributed by atoms with Crippen LogP contribution in [0.25, 0.3) is 5.69 Å². The van der Waals surface area contributed by atoms with Crippen LogP contribution in [-0.2, 0) is 0 Å². The Kier molecular flexibility index (Phi) is 5.57. The molecule has 1 aromatic heterocycles. The molecule has 2 aromatic carbocycles. The van der Waals surface area contributed by atoms with E-state index in [1.807, 2.05) is 32.0 Å². The Morgan fingerprint density at radius 1 is 1.13 bits per heavy atom.